The summed E-state index contributed by atoms with van der Waals surface area (Å²) in [6.07, 6.45) is 1.04. The molecule has 1 atom stereocenters. The molecule has 86 valence electrons. The van der Waals surface area contributed by atoms with Gasteiger partial charge in [-0.15, -0.1) is 0 Å². The zero-order chi connectivity index (χ0) is 11.9. The Balaban J connectivity index is 2.16. The molecule has 0 fully saturated rings. The quantitative estimate of drug-likeness (QED) is 0.730. The van der Waals surface area contributed by atoms with E-state index in [9.17, 15) is 4.79 Å². The molecule has 2 nitrogen and oxygen atoms in total. The summed E-state index contributed by atoms with van der Waals surface area (Å²) in [5.74, 6) is 0.781. The lowest BCUT2D eigenvalue weighted by Crippen LogP contribution is -2.08. The summed E-state index contributed by atoms with van der Waals surface area (Å²) in [4.78, 5) is 10.7. The van der Waals surface area contributed by atoms with E-state index in [1.807, 2.05) is 60.7 Å². The first-order valence-corrected chi connectivity index (χ1v) is 5.60. The van der Waals surface area contributed by atoms with Crippen molar-refractivity contribution in [3.8, 4) is 5.75 Å². The molecule has 0 aliphatic heterocycles. The summed E-state index contributed by atoms with van der Waals surface area (Å²) in [6.45, 7) is 0. The molecule has 2 rings (SSSR count). The molecular weight excluding hydrogens is 212 g/mol. The zero-order valence-corrected chi connectivity index (χ0v) is 9.45. The maximum absolute atomic E-state index is 10.7. The predicted octanol–water partition coefficient (Wildman–Crippen LogP) is 3.40. The van der Waals surface area contributed by atoms with Crippen molar-refractivity contribution in [3.63, 3.8) is 0 Å². The maximum atomic E-state index is 10.7. The number of rotatable bonds is 5. The van der Waals surface area contributed by atoms with Gasteiger partial charge < -0.3 is 9.53 Å². The van der Waals surface area contributed by atoms with Crippen LogP contribution in [0.4, 0.5) is 0 Å². The van der Waals surface area contributed by atoms with E-state index >= 15 is 0 Å². The lowest BCUT2D eigenvalue weighted by atomic mass is 10.1. The first-order chi connectivity index (χ1) is 8.40. The molecule has 0 N–H and O–H groups in total. The standard InChI is InChI=1S/C15H14O2/c16-12-11-15(13-7-3-1-4-8-13)17-14-9-5-2-6-10-14/h1-10,12,15H,11H2. The van der Waals surface area contributed by atoms with E-state index in [-0.39, 0.29) is 6.10 Å². The molecule has 0 aromatic heterocycles. The summed E-state index contributed by atoms with van der Waals surface area (Å²) in [7, 11) is 0. The Hall–Kier alpha value is -2.09. The van der Waals surface area contributed by atoms with Crippen LogP contribution >= 0.6 is 0 Å². The van der Waals surface area contributed by atoms with Gasteiger partial charge in [-0.1, -0.05) is 48.5 Å². The average Bonchev–Trinajstić information content (AvgIpc) is 2.40. The highest BCUT2D eigenvalue weighted by Gasteiger charge is 2.12. The highest BCUT2D eigenvalue weighted by molar-refractivity contribution is 5.51. The van der Waals surface area contributed by atoms with Gasteiger partial charge in [-0.05, 0) is 17.7 Å². The van der Waals surface area contributed by atoms with Gasteiger partial charge in [0.15, 0.2) is 0 Å². The smallest absolute Gasteiger partial charge is 0.130 e. The molecule has 0 bridgehead atoms. The van der Waals surface area contributed by atoms with Gasteiger partial charge >= 0.3 is 0 Å². The van der Waals surface area contributed by atoms with Crippen molar-refractivity contribution >= 4 is 6.29 Å². The van der Waals surface area contributed by atoms with Crippen molar-refractivity contribution in [2.75, 3.05) is 0 Å². The van der Waals surface area contributed by atoms with Crippen LogP contribution < -0.4 is 4.74 Å². The van der Waals surface area contributed by atoms with Gasteiger partial charge in [0.1, 0.15) is 18.1 Å². The van der Waals surface area contributed by atoms with E-state index in [2.05, 4.69) is 0 Å². The number of para-hydroxylation sites is 1. The third-order valence-corrected chi connectivity index (χ3v) is 2.50. The maximum Gasteiger partial charge on any atom is 0.130 e. The second-order valence-corrected chi connectivity index (χ2v) is 3.73. The molecule has 2 heteroatoms. The molecular formula is C15H14O2. The highest BCUT2D eigenvalue weighted by Crippen LogP contribution is 2.23. The van der Waals surface area contributed by atoms with Gasteiger partial charge in [-0.3, -0.25) is 0 Å². The highest BCUT2D eigenvalue weighted by atomic mass is 16.5. The summed E-state index contributed by atoms with van der Waals surface area (Å²) in [6, 6.07) is 19.3. The van der Waals surface area contributed by atoms with Crippen LogP contribution in [-0.4, -0.2) is 6.29 Å². The van der Waals surface area contributed by atoms with E-state index in [4.69, 9.17) is 4.74 Å². The molecule has 0 amide bonds. The third-order valence-electron chi connectivity index (χ3n) is 2.50. The van der Waals surface area contributed by atoms with Crippen LogP contribution in [0.3, 0.4) is 0 Å². The Morgan fingerprint density at radius 3 is 2.12 bits per heavy atom. The topological polar surface area (TPSA) is 26.3 Å². The lowest BCUT2D eigenvalue weighted by molar-refractivity contribution is -0.109. The van der Waals surface area contributed by atoms with Gasteiger partial charge in [0.25, 0.3) is 0 Å². The van der Waals surface area contributed by atoms with Crippen LogP contribution in [0.1, 0.15) is 18.1 Å². The minimum atomic E-state index is -0.212. The zero-order valence-electron chi connectivity index (χ0n) is 9.45. The van der Waals surface area contributed by atoms with E-state index in [1.54, 1.807) is 0 Å². The van der Waals surface area contributed by atoms with Crippen LogP contribution in [-0.2, 0) is 4.79 Å². The van der Waals surface area contributed by atoms with Crippen molar-refractivity contribution in [2.24, 2.45) is 0 Å². The fourth-order valence-corrected chi connectivity index (χ4v) is 1.67. The SMILES string of the molecule is O=CCC(Oc1ccccc1)c1ccccc1. The number of hydrogen-bond donors (Lipinski definition) is 0. The van der Waals surface area contributed by atoms with Crippen LogP contribution in [0.15, 0.2) is 60.7 Å². The number of carbonyl (C=O) groups excluding carboxylic acids is 1. The number of hydrogen-bond acceptors (Lipinski definition) is 2. The molecule has 17 heavy (non-hydrogen) atoms. The second kappa shape index (κ2) is 5.85. The molecule has 0 saturated heterocycles. The van der Waals surface area contributed by atoms with Crippen LogP contribution in [0, 0.1) is 0 Å². The first kappa shape index (κ1) is 11.4. The molecule has 1 unspecified atom stereocenters. The lowest BCUT2D eigenvalue weighted by Gasteiger charge is -2.17. The van der Waals surface area contributed by atoms with E-state index < -0.39 is 0 Å². The Morgan fingerprint density at radius 1 is 0.941 bits per heavy atom. The Labute approximate surface area is 101 Å². The van der Waals surface area contributed by atoms with Crippen LogP contribution in [0.25, 0.3) is 0 Å². The molecule has 0 aliphatic rings. The second-order valence-electron chi connectivity index (χ2n) is 3.73. The summed E-state index contributed by atoms with van der Waals surface area (Å²) in [5, 5.41) is 0. The fourth-order valence-electron chi connectivity index (χ4n) is 1.67. The monoisotopic (exact) mass is 226 g/mol. The van der Waals surface area contributed by atoms with Gasteiger partial charge in [0.2, 0.25) is 0 Å². The number of carbonyl (C=O) groups is 1. The van der Waals surface area contributed by atoms with Crippen LogP contribution in [0.2, 0.25) is 0 Å². The van der Waals surface area contributed by atoms with Crippen molar-refractivity contribution in [1.82, 2.24) is 0 Å². The van der Waals surface area contributed by atoms with Crippen molar-refractivity contribution < 1.29 is 9.53 Å². The minimum Gasteiger partial charge on any atom is -0.485 e. The normalized spacial score (nSPS) is 11.8. The fraction of sp³-hybridized carbons (Fsp3) is 0.133. The number of benzene rings is 2. The van der Waals surface area contributed by atoms with E-state index in [0.29, 0.717) is 6.42 Å². The first-order valence-electron chi connectivity index (χ1n) is 5.60. The predicted molar refractivity (Wildman–Crippen MR) is 66.9 cm³/mol. The largest absolute Gasteiger partial charge is 0.485 e. The van der Waals surface area contributed by atoms with Crippen molar-refractivity contribution in [1.29, 1.82) is 0 Å². The summed E-state index contributed by atoms with van der Waals surface area (Å²) < 4.78 is 5.81. The molecule has 0 radical (unpaired) electrons. The van der Waals surface area contributed by atoms with E-state index in [0.717, 1.165) is 17.6 Å². The van der Waals surface area contributed by atoms with Crippen LogP contribution in [0.5, 0.6) is 5.75 Å². The molecule has 2 aromatic carbocycles. The summed E-state index contributed by atoms with van der Waals surface area (Å²) in [5.41, 5.74) is 1.02. The average molecular weight is 226 g/mol. The Kier molecular flexibility index (Phi) is 3.92. The Bertz CT molecular complexity index is 451. The van der Waals surface area contributed by atoms with Gasteiger partial charge in [0.05, 0.1) is 0 Å². The Morgan fingerprint density at radius 2 is 1.53 bits per heavy atom. The van der Waals surface area contributed by atoms with Gasteiger partial charge in [0, 0.05) is 6.42 Å². The molecule has 0 saturated carbocycles. The minimum absolute atomic E-state index is 0.212. The third kappa shape index (κ3) is 3.18. The molecule has 2 aromatic rings. The summed E-state index contributed by atoms with van der Waals surface area (Å²) >= 11 is 0. The van der Waals surface area contributed by atoms with Gasteiger partial charge in [-0.25, -0.2) is 0 Å². The van der Waals surface area contributed by atoms with Crippen molar-refractivity contribution in [2.45, 2.75) is 12.5 Å². The molecule has 0 aliphatic carbocycles. The number of aldehydes is 1. The van der Waals surface area contributed by atoms with Gasteiger partial charge in [-0.2, -0.15) is 0 Å². The van der Waals surface area contributed by atoms with Crippen molar-refractivity contribution in [3.05, 3.63) is 66.2 Å². The number of ether oxygens (including phenoxy) is 1. The van der Waals surface area contributed by atoms with E-state index in [1.165, 1.54) is 0 Å². The molecule has 0 heterocycles. The molecule has 0 spiro atoms.